The third-order valence-corrected chi connectivity index (χ3v) is 7.17. The maximum atomic E-state index is 12.7. The van der Waals surface area contributed by atoms with Gasteiger partial charge >= 0.3 is 5.91 Å². The molecule has 0 radical (unpaired) electrons. The number of halogens is 1. The molecule has 0 unspecified atom stereocenters. The van der Waals surface area contributed by atoms with Gasteiger partial charge in [0.2, 0.25) is 0 Å². The van der Waals surface area contributed by atoms with Crippen LogP contribution in [0.5, 0.6) is 17.2 Å². The van der Waals surface area contributed by atoms with Gasteiger partial charge in [0.25, 0.3) is 5.91 Å². The summed E-state index contributed by atoms with van der Waals surface area (Å²) >= 11 is 6.25. The number of anilines is 1. The average Bonchev–Trinajstić information content (AvgIpc) is 3.66. The molecule has 0 aliphatic carbocycles. The van der Waals surface area contributed by atoms with Crippen LogP contribution in [0.4, 0.5) is 5.69 Å². The van der Waals surface area contributed by atoms with E-state index in [1.807, 2.05) is 43.3 Å². The van der Waals surface area contributed by atoms with Crippen LogP contribution in [-0.2, 0) is 11.4 Å². The van der Waals surface area contributed by atoms with E-state index in [1.54, 1.807) is 30.3 Å². The van der Waals surface area contributed by atoms with Crippen LogP contribution in [-0.4, -0.2) is 36.3 Å². The molecule has 2 heterocycles. The predicted octanol–water partition coefficient (Wildman–Crippen LogP) is 7.02. The number of carbonyl (C=O) groups is 2. The Morgan fingerprint density at radius 1 is 0.913 bits per heavy atom. The Labute approximate surface area is 271 Å². The third-order valence-electron chi connectivity index (χ3n) is 6.95. The van der Waals surface area contributed by atoms with Crippen LogP contribution in [0.1, 0.15) is 38.8 Å². The van der Waals surface area contributed by atoms with E-state index in [0.717, 1.165) is 22.6 Å². The lowest BCUT2D eigenvalue weighted by Crippen LogP contribution is -2.21. The molecule has 2 aromatic heterocycles. The van der Waals surface area contributed by atoms with E-state index in [-0.39, 0.29) is 30.6 Å². The normalized spacial score (nSPS) is 11.0. The van der Waals surface area contributed by atoms with Crippen LogP contribution in [0.3, 0.4) is 0 Å². The fourth-order valence-electron chi connectivity index (χ4n) is 4.68. The lowest BCUT2D eigenvalue weighted by Gasteiger charge is -2.14. The second-order valence-corrected chi connectivity index (χ2v) is 10.9. The number of benzene rings is 3. The Kier molecular flexibility index (Phi) is 10.1. The van der Waals surface area contributed by atoms with E-state index < -0.39 is 5.91 Å². The number of hydrogen-bond acceptors (Lipinski definition) is 7. The van der Waals surface area contributed by atoms with Crippen LogP contribution in [0.15, 0.2) is 94.4 Å². The van der Waals surface area contributed by atoms with Crippen LogP contribution in [0.2, 0.25) is 5.02 Å². The summed E-state index contributed by atoms with van der Waals surface area (Å²) in [6.07, 6.45) is 1.34. The van der Waals surface area contributed by atoms with Gasteiger partial charge in [0.05, 0.1) is 13.3 Å². The van der Waals surface area contributed by atoms with E-state index in [0.29, 0.717) is 33.5 Å². The number of amides is 2. The fourth-order valence-corrected chi connectivity index (χ4v) is 4.89. The summed E-state index contributed by atoms with van der Waals surface area (Å²) in [7, 11) is 1.45. The molecule has 0 bridgehead atoms. The number of ether oxygens (including phenoxy) is 3. The highest BCUT2D eigenvalue weighted by Gasteiger charge is 2.15. The maximum absolute atomic E-state index is 12.7. The zero-order chi connectivity index (χ0) is 32.6. The van der Waals surface area contributed by atoms with Crippen LogP contribution >= 0.6 is 11.6 Å². The lowest BCUT2D eigenvalue weighted by atomic mass is 10.2. The maximum Gasteiger partial charge on any atom is 0.307 e. The quantitative estimate of drug-likeness (QED) is 0.112. The molecule has 0 fully saturated rings. The second-order valence-electron chi connectivity index (χ2n) is 10.4. The van der Waals surface area contributed by atoms with Crippen LogP contribution < -0.4 is 25.0 Å². The standard InChI is InChI=1S/C35H33ClN4O6/c1-22-5-9-27(10-6-22)38-33(41)21-45-34-25(17-26(36)18-32(34)43-4)19-37-39-35(42)31-16-15-30(46-31)20-44-29-13-11-28(12-14-29)40-23(2)7-8-24(40)3/h5-19H,20-21H2,1-4H3,(H,38,41)(H,39,42). The van der Waals surface area contributed by atoms with Crippen molar-refractivity contribution >= 4 is 35.3 Å². The molecule has 46 heavy (non-hydrogen) atoms. The summed E-state index contributed by atoms with van der Waals surface area (Å²) in [6, 6.07) is 25.6. The topological polar surface area (TPSA) is 116 Å². The third kappa shape index (κ3) is 7.96. The van der Waals surface area contributed by atoms with E-state index in [1.165, 1.54) is 19.4 Å². The number of methoxy groups -OCH3 is 1. The van der Waals surface area contributed by atoms with Gasteiger partial charge in [-0.15, -0.1) is 0 Å². The van der Waals surface area contributed by atoms with E-state index in [9.17, 15) is 9.59 Å². The van der Waals surface area contributed by atoms with Gasteiger partial charge in [0.15, 0.2) is 23.9 Å². The van der Waals surface area contributed by atoms with Gasteiger partial charge < -0.3 is 28.5 Å². The number of nitrogens with zero attached hydrogens (tertiary/aromatic N) is 2. The zero-order valence-corrected chi connectivity index (χ0v) is 26.6. The summed E-state index contributed by atoms with van der Waals surface area (Å²) < 4.78 is 24.8. The van der Waals surface area contributed by atoms with Crippen molar-refractivity contribution in [2.45, 2.75) is 27.4 Å². The van der Waals surface area contributed by atoms with Crippen molar-refractivity contribution in [1.29, 1.82) is 0 Å². The molecular formula is C35H33ClN4O6. The summed E-state index contributed by atoms with van der Waals surface area (Å²) in [5.74, 6) is 0.775. The molecule has 0 saturated carbocycles. The Balaban J connectivity index is 1.17. The van der Waals surface area contributed by atoms with Gasteiger partial charge in [-0.25, -0.2) is 5.43 Å². The molecule has 5 rings (SSSR count). The summed E-state index contributed by atoms with van der Waals surface area (Å²) in [5.41, 5.74) is 7.87. The lowest BCUT2D eigenvalue weighted by molar-refractivity contribution is -0.118. The second kappa shape index (κ2) is 14.5. The van der Waals surface area contributed by atoms with Crippen LogP contribution in [0.25, 0.3) is 5.69 Å². The molecule has 0 atom stereocenters. The molecular weight excluding hydrogens is 608 g/mol. The van der Waals surface area contributed by atoms with E-state index in [4.69, 9.17) is 30.2 Å². The van der Waals surface area contributed by atoms with Gasteiger partial charge in [-0.05, 0) is 87.5 Å². The van der Waals surface area contributed by atoms with Crippen molar-refractivity contribution in [2.24, 2.45) is 5.10 Å². The van der Waals surface area contributed by atoms with Gasteiger partial charge in [-0.3, -0.25) is 9.59 Å². The van der Waals surface area contributed by atoms with Crippen LogP contribution in [0, 0.1) is 20.8 Å². The van der Waals surface area contributed by atoms with E-state index >= 15 is 0 Å². The Morgan fingerprint density at radius 2 is 1.63 bits per heavy atom. The average molecular weight is 641 g/mol. The molecule has 0 spiro atoms. The Hall–Kier alpha value is -5.48. The molecule has 3 aromatic carbocycles. The summed E-state index contributed by atoms with van der Waals surface area (Å²) in [6.45, 7) is 5.92. The fraction of sp³-hybridized carbons (Fsp3) is 0.171. The Morgan fingerprint density at radius 3 is 2.33 bits per heavy atom. The van der Waals surface area contributed by atoms with Crippen molar-refractivity contribution in [3.8, 4) is 22.9 Å². The number of nitrogens with one attached hydrogen (secondary N) is 2. The number of hydrazone groups is 1. The predicted molar refractivity (Wildman–Crippen MR) is 177 cm³/mol. The molecule has 0 aliphatic rings. The van der Waals surface area contributed by atoms with Crippen molar-refractivity contribution < 1.29 is 28.2 Å². The number of aromatic nitrogens is 1. The smallest absolute Gasteiger partial charge is 0.307 e. The highest BCUT2D eigenvalue weighted by Crippen LogP contribution is 2.34. The zero-order valence-electron chi connectivity index (χ0n) is 25.8. The number of carbonyl (C=O) groups excluding carboxylic acids is 2. The molecule has 2 N–H and O–H groups in total. The van der Waals surface area contributed by atoms with Crippen molar-refractivity contribution in [1.82, 2.24) is 9.99 Å². The minimum absolute atomic E-state index is 0.0533. The van der Waals surface area contributed by atoms with E-state index in [2.05, 4.69) is 46.4 Å². The molecule has 2 amide bonds. The van der Waals surface area contributed by atoms with Gasteiger partial charge in [-0.1, -0.05) is 29.3 Å². The summed E-state index contributed by atoms with van der Waals surface area (Å²) in [5, 5.41) is 7.15. The minimum atomic E-state index is -0.571. The highest BCUT2D eigenvalue weighted by molar-refractivity contribution is 6.31. The molecule has 236 valence electrons. The first kappa shape index (κ1) is 31.9. The number of furan rings is 1. The first-order valence-electron chi connectivity index (χ1n) is 14.4. The van der Waals surface area contributed by atoms with Gasteiger partial charge in [-0.2, -0.15) is 5.10 Å². The SMILES string of the molecule is COc1cc(Cl)cc(C=NNC(=O)c2ccc(COc3ccc(-n4c(C)ccc4C)cc3)o2)c1OCC(=O)Nc1ccc(C)cc1. The van der Waals surface area contributed by atoms with Crippen molar-refractivity contribution in [2.75, 3.05) is 19.0 Å². The molecule has 5 aromatic rings. The molecule has 0 aliphatic heterocycles. The molecule has 0 saturated heterocycles. The largest absolute Gasteiger partial charge is 0.493 e. The molecule has 11 heteroatoms. The Bertz CT molecular complexity index is 1840. The minimum Gasteiger partial charge on any atom is -0.493 e. The summed E-state index contributed by atoms with van der Waals surface area (Å²) in [4.78, 5) is 25.2. The monoisotopic (exact) mass is 640 g/mol. The molecule has 10 nitrogen and oxygen atoms in total. The van der Waals surface area contributed by atoms with Crippen molar-refractivity contribution in [3.63, 3.8) is 0 Å². The van der Waals surface area contributed by atoms with Gasteiger partial charge in [0.1, 0.15) is 18.1 Å². The number of rotatable bonds is 12. The van der Waals surface area contributed by atoms with Gasteiger partial charge in [0, 0.05) is 39.4 Å². The number of hydrogen-bond donors (Lipinski definition) is 2. The highest BCUT2D eigenvalue weighted by atomic mass is 35.5. The van der Waals surface area contributed by atoms with Crippen molar-refractivity contribution in [3.05, 3.63) is 124 Å². The first-order chi connectivity index (χ1) is 22.2. The first-order valence-corrected chi connectivity index (χ1v) is 14.7. The number of aryl methyl sites for hydroxylation is 3.